The van der Waals surface area contributed by atoms with Crippen LogP contribution in [0.5, 0.6) is 0 Å². The number of aryl methyl sites for hydroxylation is 1. The van der Waals surface area contributed by atoms with E-state index in [2.05, 4.69) is 42.5 Å². The summed E-state index contributed by atoms with van der Waals surface area (Å²) in [5, 5.41) is 8.88. The second-order valence-electron chi connectivity index (χ2n) is 8.14. The molecule has 0 N–H and O–H groups in total. The molecule has 2 saturated carbocycles. The van der Waals surface area contributed by atoms with Crippen molar-refractivity contribution < 1.29 is 0 Å². The first-order valence-corrected chi connectivity index (χ1v) is 10.5. The zero-order valence-corrected chi connectivity index (χ0v) is 15.6. The quantitative estimate of drug-likeness (QED) is 0.495. The Hall–Kier alpha value is -1.55. The fourth-order valence-corrected chi connectivity index (χ4v) is 4.92. The third-order valence-corrected chi connectivity index (χ3v) is 6.35. The predicted octanol–water partition coefficient (Wildman–Crippen LogP) is 6.94. The van der Waals surface area contributed by atoms with Gasteiger partial charge in [0.1, 0.15) is 0 Å². The summed E-state index contributed by atoms with van der Waals surface area (Å²) >= 11 is 0. The standard InChI is InChI=1S/C24H33N/c25-18-8-14-22-13-6-7-15-24(22)23-17-16-21(19-23)12-5-4-11-20-9-2-1-3-10-20/h5-7,12-13,15,20-21,23H,1-4,8-11,14,16-17,19H2/b12-5+. The molecule has 0 bridgehead atoms. The van der Waals surface area contributed by atoms with E-state index in [1.165, 1.54) is 75.3 Å². The topological polar surface area (TPSA) is 23.8 Å². The number of hydrogen-bond donors (Lipinski definition) is 0. The van der Waals surface area contributed by atoms with E-state index in [9.17, 15) is 0 Å². The minimum absolute atomic E-state index is 0.633. The van der Waals surface area contributed by atoms with E-state index in [1.807, 2.05) is 0 Å². The van der Waals surface area contributed by atoms with Crippen molar-refractivity contribution in [2.75, 3.05) is 0 Å². The molecule has 1 heteroatoms. The molecule has 2 fully saturated rings. The fraction of sp³-hybridized carbons (Fsp3) is 0.625. The van der Waals surface area contributed by atoms with Gasteiger partial charge < -0.3 is 0 Å². The van der Waals surface area contributed by atoms with Crippen LogP contribution in [0.3, 0.4) is 0 Å². The van der Waals surface area contributed by atoms with E-state index in [-0.39, 0.29) is 0 Å². The highest BCUT2D eigenvalue weighted by molar-refractivity contribution is 5.32. The Morgan fingerprint density at radius 2 is 1.88 bits per heavy atom. The van der Waals surface area contributed by atoms with E-state index in [4.69, 9.17) is 5.26 Å². The summed E-state index contributed by atoms with van der Waals surface area (Å²) in [6, 6.07) is 11.1. The van der Waals surface area contributed by atoms with Gasteiger partial charge in [0.15, 0.2) is 0 Å². The van der Waals surface area contributed by atoms with Crippen LogP contribution in [-0.4, -0.2) is 0 Å². The van der Waals surface area contributed by atoms with Gasteiger partial charge in [-0.2, -0.15) is 5.26 Å². The van der Waals surface area contributed by atoms with Crippen LogP contribution in [0.4, 0.5) is 0 Å². The first kappa shape index (κ1) is 18.2. The molecular weight excluding hydrogens is 302 g/mol. The van der Waals surface area contributed by atoms with Gasteiger partial charge in [-0.3, -0.25) is 0 Å². The Labute approximate surface area is 154 Å². The van der Waals surface area contributed by atoms with Crippen LogP contribution in [0.2, 0.25) is 0 Å². The minimum atomic E-state index is 0.633. The lowest BCUT2D eigenvalue weighted by atomic mass is 9.86. The lowest BCUT2D eigenvalue weighted by molar-refractivity contribution is 0.341. The predicted molar refractivity (Wildman–Crippen MR) is 105 cm³/mol. The monoisotopic (exact) mass is 335 g/mol. The van der Waals surface area contributed by atoms with Crippen molar-refractivity contribution in [2.45, 2.75) is 83.0 Å². The second kappa shape index (κ2) is 9.81. The van der Waals surface area contributed by atoms with Crippen molar-refractivity contribution in [3.8, 4) is 6.07 Å². The molecule has 134 valence electrons. The van der Waals surface area contributed by atoms with Gasteiger partial charge in [-0.25, -0.2) is 0 Å². The summed E-state index contributed by atoms with van der Waals surface area (Å²) in [6.07, 6.45) is 20.5. The molecular formula is C24H33N. The number of rotatable bonds is 7. The Balaban J connectivity index is 1.47. The summed E-state index contributed by atoms with van der Waals surface area (Å²) in [5.41, 5.74) is 2.91. The number of nitriles is 1. The van der Waals surface area contributed by atoms with E-state index in [0.29, 0.717) is 12.3 Å². The van der Waals surface area contributed by atoms with Gasteiger partial charge in [0.25, 0.3) is 0 Å². The van der Waals surface area contributed by atoms with Crippen molar-refractivity contribution in [3.63, 3.8) is 0 Å². The van der Waals surface area contributed by atoms with Gasteiger partial charge in [0.2, 0.25) is 0 Å². The Bertz CT molecular complexity index is 588. The van der Waals surface area contributed by atoms with Gasteiger partial charge >= 0.3 is 0 Å². The molecule has 1 aromatic rings. The maximum absolute atomic E-state index is 8.88. The van der Waals surface area contributed by atoms with Crippen LogP contribution in [-0.2, 0) is 6.42 Å². The normalized spacial score (nSPS) is 24.6. The summed E-state index contributed by atoms with van der Waals surface area (Å²) in [5.74, 6) is 2.46. The molecule has 0 saturated heterocycles. The Kier molecular flexibility index (Phi) is 7.16. The molecule has 0 aromatic heterocycles. The zero-order valence-electron chi connectivity index (χ0n) is 15.6. The molecule has 1 nitrogen and oxygen atoms in total. The van der Waals surface area contributed by atoms with Crippen molar-refractivity contribution >= 4 is 0 Å². The molecule has 0 spiro atoms. The van der Waals surface area contributed by atoms with Crippen molar-refractivity contribution in [2.24, 2.45) is 11.8 Å². The Morgan fingerprint density at radius 1 is 1.04 bits per heavy atom. The van der Waals surface area contributed by atoms with Gasteiger partial charge in [0.05, 0.1) is 6.07 Å². The molecule has 0 aliphatic heterocycles. The smallest absolute Gasteiger partial charge is 0.0625 e. The van der Waals surface area contributed by atoms with Crippen LogP contribution < -0.4 is 0 Å². The summed E-state index contributed by atoms with van der Waals surface area (Å²) in [7, 11) is 0. The number of allylic oxidation sites excluding steroid dienone is 2. The average Bonchev–Trinajstić information content (AvgIpc) is 3.13. The van der Waals surface area contributed by atoms with Crippen molar-refractivity contribution in [1.82, 2.24) is 0 Å². The fourth-order valence-electron chi connectivity index (χ4n) is 4.92. The number of hydrogen-bond acceptors (Lipinski definition) is 1. The second-order valence-corrected chi connectivity index (χ2v) is 8.14. The minimum Gasteiger partial charge on any atom is -0.198 e. The summed E-state index contributed by atoms with van der Waals surface area (Å²) < 4.78 is 0. The maximum Gasteiger partial charge on any atom is 0.0625 e. The Morgan fingerprint density at radius 3 is 2.72 bits per heavy atom. The highest BCUT2D eigenvalue weighted by Crippen LogP contribution is 2.40. The van der Waals surface area contributed by atoms with Gasteiger partial charge in [-0.1, -0.05) is 68.5 Å². The van der Waals surface area contributed by atoms with E-state index in [0.717, 1.165) is 18.3 Å². The first-order valence-electron chi connectivity index (χ1n) is 10.5. The molecule has 25 heavy (non-hydrogen) atoms. The van der Waals surface area contributed by atoms with Crippen LogP contribution in [0.1, 0.15) is 87.7 Å². The average molecular weight is 336 g/mol. The number of benzene rings is 1. The van der Waals surface area contributed by atoms with Crippen molar-refractivity contribution in [1.29, 1.82) is 5.26 Å². The first-order chi connectivity index (χ1) is 12.4. The lowest BCUT2D eigenvalue weighted by Gasteiger charge is -2.20. The van der Waals surface area contributed by atoms with Gasteiger partial charge in [-0.05, 0) is 67.4 Å². The summed E-state index contributed by atoms with van der Waals surface area (Å²) in [4.78, 5) is 0. The molecule has 2 aliphatic carbocycles. The molecule has 2 aliphatic rings. The largest absolute Gasteiger partial charge is 0.198 e. The van der Waals surface area contributed by atoms with Crippen LogP contribution >= 0.6 is 0 Å². The molecule has 3 rings (SSSR count). The third-order valence-electron chi connectivity index (χ3n) is 6.35. The molecule has 2 unspecified atom stereocenters. The van der Waals surface area contributed by atoms with E-state index >= 15 is 0 Å². The van der Waals surface area contributed by atoms with Gasteiger partial charge in [0, 0.05) is 6.42 Å². The highest BCUT2D eigenvalue weighted by Gasteiger charge is 2.25. The zero-order chi connectivity index (χ0) is 17.3. The SMILES string of the molecule is N#CCCc1ccccc1C1CCC(/C=C/CCC2CCCCC2)C1. The molecule has 0 radical (unpaired) electrons. The van der Waals surface area contributed by atoms with Crippen molar-refractivity contribution in [3.05, 3.63) is 47.5 Å². The molecule has 1 aromatic carbocycles. The third kappa shape index (κ3) is 5.46. The van der Waals surface area contributed by atoms with Crippen LogP contribution in [0, 0.1) is 23.2 Å². The maximum atomic E-state index is 8.88. The van der Waals surface area contributed by atoms with Crippen LogP contribution in [0.25, 0.3) is 0 Å². The van der Waals surface area contributed by atoms with E-state index < -0.39 is 0 Å². The molecule has 2 atom stereocenters. The van der Waals surface area contributed by atoms with E-state index in [1.54, 1.807) is 0 Å². The highest BCUT2D eigenvalue weighted by atomic mass is 14.3. The number of nitrogens with zero attached hydrogens (tertiary/aromatic N) is 1. The van der Waals surface area contributed by atoms with Crippen LogP contribution in [0.15, 0.2) is 36.4 Å². The molecule has 0 amide bonds. The molecule has 0 heterocycles. The summed E-state index contributed by atoms with van der Waals surface area (Å²) in [6.45, 7) is 0. The van der Waals surface area contributed by atoms with Gasteiger partial charge in [-0.15, -0.1) is 0 Å². The lowest BCUT2D eigenvalue weighted by Crippen LogP contribution is -2.05.